The first kappa shape index (κ1) is 15.9. The van der Waals surface area contributed by atoms with E-state index in [1.54, 1.807) is 7.11 Å². The fourth-order valence-corrected chi connectivity index (χ4v) is 2.32. The summed E-state index contributed by atoms with van der Waals surface area (Å²) >= 11 is 0. The smallest absolute Gasteiger partial charge is 0.234 e. The van der Waals surface area contributed by atoms with Crippen LogP contribution in [-0.4, -0.2) is 38.1 Å². The van der Waals surface area contributed by atoms with Crippen molar-refractivity contribution in [2.24, 2.45) is 0 Å². The third kappa shape index (κ3) is 4.24. The highest BCUT2D eigenvalue weighted by atomic mass is 16.5. The SMILES string of the molecule is C#CCNC(=O)CN(C)Cc1ccc2cc(OC)ccc2c1. The van der Waals surface area contributed by atoms with Crippen LogP contribution in [0.5, 0.6) is 5.75 Å². The summed E-state index contributed by atoms with van der Waals surface area (Å²) in [5.41, 5.74) is 1.16. The number of carbonyl (C=O) groups is 1. The Balaban J connectivity index is 2.02. The molecule has 22 heavy (non-hydrogen) atoms. The van der Waals surface area contributed by atoms with E-state index in [2.05, 4.69) is 29.4 Å². The van der Waals surface area contributed by atoms with Crippen LogP contribution in [0.15, 0.2) is 36.4 Å². The lowest BCUT2D eigenvalue weighted by molar-refractivity contribution is -0.121. The van der Waals surface area contributed by atoms with Gasteiger partial charge in [0.05, 0.1) is 20.2 Å². The molecule has 1 N–H and O–H groups in total. The molecule has 0 bridgehead atoms. The number of hydrogen-bond donors (Lipinski definition) is 1. The van der Waals surface area contributed by atoms with Gasteiger partial charge in [-0.2, -0.15) is 0 Å². The number of likely N-dealkylation sites (N-methyl/N-ethyl adjacent to an activating group) is 1. The molecule has 0 saturated carbocycles. The van der Waals surface area contributed by atoms with Gasteiger partial charge in [-0.25, -0.2) is 0 Å². The van der Waals surface area contributed by atoms with Crippen LogP contribution in [0, 0.1) is 12.3 Å². The molecule has 2 aromatic carbocycles. The molecule has 2 aromatic rings. The lowest BCUT2D eigenvalue weighted by Crippen LogP contribution is -2.34. The number of nitrogens with one attached hydrogen (secondary N) is 1. The second-order valence-electron chi connectivity index (χ2n) is 5.20. The van der Waals surface area contributed by atoms with E-state index < -0.39 is 0 Å². The summed E-state index contributed by atoms with van der Waals surface area (Å²) in [4.78, 5) is 13.6. The fourth-order valence-electron chi connectivity index (χ4n) is 2.32. The summed E-state index contributed by atoms with van der Waals surface area (Å²) in [5, 5.41) is 4.95. The van der Waals surface area contributed by atoms with E-state index in [4.69, 9.17) is 11.2 Å². The zero-order chi connectivity index (χ0) is 15.9. The quantitative estimate of drug-likeness (QED) is 0.829. The van der Waals surface area contributed by atoms with E-state index >= 15 is 0 Å². The molecular formula is C18H20N2O2. The van der Waals surface area contributed by atoms with E-state index in [0.29, 0.717) is 13.1 Å². The Kier molecular flexibility index (Phi) is 5.40. The number of hydrogen-bond acceptors (Lipinski definition) is 3. The summed E-state index contributed by atoms with van der Waals surface area (Å²) < 4.78 is 5.23. The first-order chi connectivity index (χ1) is 10.6. The lowest BCUT2D eigenvalue weighted by atomic mass is 10.1. The van der Waals surface area contributed by atoms with Crippen LogP contribution >= 0.6 is 0 Å². The van der Waals surface area contributed by atoms with Crippen LogP contribution in [0.2, 0.25) is 0 Å². The zero-order valence-corrected chi connectivity index (χ0v) is 12.9. The molecule has 0 aromatic heterocycles. The fraction of sp³-hybridized carbons (Fsp3) is 0.278. The predicted octanol–water partition coefficient (Wildman–Crippen LogP) is 2.03. The van der Waals surface area contributed by atoms with E-state index in [0.717, 1.165) is 22.1 Å². The van der Waals surface area contributed by atoms with Crippen molar-refractivity contribution in [1.82, 2.24) is 10.2 Å². The number of benzene rings is 2. The first-order valence-electron chi connectivity index (χ1n) is 7.08. The summed E-state index contributed by atoms with van der Waals surface area (Å²) in [6.07, 6.45) is 5.12. The van der Waals surface area contributed by atoms with Crippen LogP contribution in [0.3, 0.4) is 0 Å². The standard InChI is InChI=1S/C18H20N2O2/c1-4-9-19-18(21)13-20(2)12-14-5-6-16-11-17(22-3)8-7-15(16)10-14/h1,5-8,10-11H,9,12-13H2,2-3H3,(H,19,21). The molecular weight excluding hydrogens is 276 g/mol. The molecule has 0 aliphatic heterocycles. The predicted molar refractivity (Wildman–Crippen MR) is 88.7 cm³/mol. The molecule has 0 spiro atoms. The van der Waals surface area contributed by atoms with Crippen molar-refractivity contribution in [2.75, 3.05) is 27.2 Å². The Morgan fingerprint density at radius 2 is 2.00 bits per heavy atom. The molecule has 0 aliphatic carbocycles. The number of rotatable bonds is 6. The summed E-state index contributed by atoms with van der Waals surface area (Å²) in [7, 11) is 3.57. The van der Waals surface area contributed by atoms with E-state index in [1.165, 1.54) is 0 Å². The van der Waals surface area contributed by atoms with Gasteiger partial charge in [-0.3, -0.25) is 9.69 Å². The first-order valence-corrected chi connectivity index (χ1v) is 7.08. The van der Waals surface area contributed by atoms with Crippen molar-refractivity contribution >= 4 is 16.7 Å². The number of terminal acetylenes is 1. The highest BCUT2D eigenvalue weighted by Crippen LogP contribution is 2.22. The molecule has 0 radical (unpaired) electrons. The molecule has 4 heteroatoms. The largest absolute Gasteiger partial charge is 0.497 e. The van der Waals surface area contributed by atoms with Gasteiger partial charge in [-0.15, -0.1) is 6.42 Å². The Bertz CT molecular complexity index is 704. The minimum atomic E-state index is -0.0639. The van der Waals surface area contributed by atoms with Gasteiger partial charge in [0.2, 0.25) is 5.91 Å². The molecule has 114 valence electrons. The average molecular weight is 296 g/mol. The maximum absolute atomic E-state index is 11.6. The van der Waals surface area contributed by atoms with E-state index in [9.17, 15) is 4.79 Å². The van der Waals surface area contributed by atoms with E-state index in [1.807, 2.05) is 30.1 Å². The van der Waals surface area contributed by atoms with Crippen LogP contribution in [0.4, 0.5) is 0 Å². The van der Waals surface area contributed by atoms with Gasteiger partial charge in [0.15, 0.2) is 0 Å². The number of methoxy groups -OCH3 is 1. The van der Waals surface area contributed by atoms with Crippen LogP contribution in [-0.2, 0) is 11.3 Å². The van der Waals surface area contributed by atoms with Crippen molar-refractivity contribution in [3.05, 3.63) is 42.0 Å². The van der Waals surface area contributed by atoms with Crippen molar-refractivity contribution in [2.45, 2.75) is 6.54 Å². The molecule has 0 unspecified atom stereocenters. The molecule has 0 fully saturated rings. The molecule has 0 heterocycles. The summed E-state index contributed by atoms with van der Waals surface area (Å²) in [5.74, 6) is 3.18. The Hall–Kier alpha value is -2.51. The molecule has 1 amide bonds. The summed E-state index contributed by atoms with van der Waals surface area (Å²) in [6.45, 7) is 1.29. The number of ether oxygens (including phenoxy) is 1. The Morgan fingerprint density at radius 1 is 1.27 bits per heavy atom. The van der Waals surface area contributed by atoms with Gasteiger partial charge < -0.3 is 10.1 Å². The number of fused-ring (bicyclic) bond motifs is 1. The third-order valence-corrected chi connectivity index (χ3v) is 3.37. The number of nitrogens with zero attached hydrogens (tertiary/aromatic N) is 1. The lowest BCUT2D eigenvalue weighted by Gasteiger charge is -2.16. The van der Waals surface area contributed by atoms with Crippen molar-refractivity contribution in [3.8, 4) is 18.1 Å². The van der Waals surface area contributed by atoms with Crippen LogP contribution in [0.25, 0.3) is 10.8 Å². The van der Waals surface area contributed by atoms with Crippen molar-refractivity contribution in [3.63, 3.8) is 0 Å². The second kappa shape index (κ2) is 7.48. The van der Waals surface area contributed by atoms with Gasteiger partial charge in [-0.1, -0.05) is 24.1 Å². The van der Waals surface area contributed by atoms with Gasteiger partial charge in [-0.05, 0) is 41.6 Å². The maximum Gasteiger partial charge on any atom is 0.234 e. The summed E-state index contributed by atoms with van der Waals surface area (Å²) in [6, 6.07) is 12.3. The van der Waals surface area contributed by atoms with Gasteiger partial charge in [0.25, 0.3) is 0 Å². The topological polar surface area (TPSA) is 41.6 Å². The highest BCUT2D eigenvalue weighted by Gasteiger charge is 2.07. The number of amides is 1. The average Bonchev–Trinajstić information content (AvgIpc) is 2.52. The molecule has 4 nitrogen and oxygen atoms in total. The van der Waals surface area contributed by atoms with Crippen LogP contribution < -0.4 is 10.1 Å². The Morgan fingerprint density at radius 3 is 2.73 bits per heavy atom. The molecule has 0 aliphatic rings. The third-order valence-electron chi connectivity index (χ3n) is 3.37. The molecule has 2 rings (SSSR count). The van der Waals surface area contributed by atoms with Gasteiger partial charge >= 0.3 is 0 Å². The van der Waals surface area contributed by atoms with Crippen molar-refractivity contribution < 1.29 is 9.53 Å². The van der Waals surface area contributed by atoms with Crippen LogP contribution in [0.1, 0.15) is 5.56 Å². The van der Waals surface area contributed by atoms with Crippen molar-refractivity contribution in [1.29, 1.82) is 0 Å². The molecule has 0 saturated heterocycles. The normalized spacial score (nSPS) is 10.5. The number of carbonyl (C=O) groups excluding carboxylic acids is 1. The van der Waals surface area contributed by atoms with Gasteiger partial charge in [0.1, 0.15) is 5.75 Å². The second-order valence-corrected chi connectivity index (χ2v) is 5.20. The zero-order valence-electron chi connectivity index (χ0n) is 12.9. The molecule has 0 atom stereocenters. The monoisotopic (exact) mass is 296 g/mol. The maximum atomic E-state index is 11.6. The van der Waals surface area contributed by atoms with Gasteiger partial charge in [0, 0.05) is 6.54 Å². The highest BCUT2D eigenvalue weighted by molar-refractivity contribution is 5.84. The minimum absolute atomic E-state index is 0.0639. The Labute approximate surface area is 131 Å². The minimum Gasteiger partial charge on any atom is -0.497 e. The van der Waals surface area contributed by atoms with E-state index in [-0.39, 0.29) is 12.5 Å².